The second-order valence-electron chi connectivity index (χ2n) is 12.2. The van der Waals surface area contributed by atoms with Gasteiger partial charge in [-0.3, -0.25) is 14.6 Å². The van der Waals surface area contributed by atoms with Gasteiger partial charge in [-0.25, -0.2) is 0 Å². The zero-order valence-corrected chi connectivity index (χ0v) is 26.1. The van der Waals surface area contributed by atoms with Crippen molar-refractivity contribution in [2.45, 2.75) is 57.0 Å². The predicted molar refractivity (Wildman–Crippen MR) is 167 cm³/mol. The molecule has 2 aromatic carbocycles. The Hall–Kier alpha value is -3.37. The van der Waals surface area contributed by atoms with Crippen molar-refractivity contribution in [2.24, 2.45) is 5.41 Å². The van der Waals surface area contributed by atoms with Gasteiger partial charge in [0.2, 0.25) is 11.8 Å². The molecule has 43 heavy (non-hydrogen) atoms. The van der Waals surface area contributed by atoms with Crippen molar-refractivity contribution in [1.82, 2.24) is 10.3 Å². The molecule has 3 aromatic rings. The second kappa shape index (κ2) is 12.3. The van der Waals surface area contributed by atoms with Crippen LogP contribution in [0.5, 0.6) is 11.5 Å². The molecule has 0 aliphatic carbocycles. The highest BCUT2D eigenvalue weighted by Crippen LogP contribution is 2.56. The summed E-state index contributed by atoms with van der Waals surface area (Å²) >= 11 is 12.8. The highest BCUT2D eigenvalue weighted by Gasteiger charge is 2.65. The lowest BCUT2D eigenvalue weighted by molar-refractivity contribution is -0.122. The standard InChI is InChI=1S/C32H36Cl2N4O5/c1-31(2,3)16-26-32(29-24(38-30(32)41)13-20(34)17-35-29)28(18-6-5-7-19(33)12-18)23(36-26)15-27(40)37-22-9-8-21(43-11-10-39)14-25(22)42-4/h5-9,12-14,17,23,26,28,36,39H,10-11,15-16H2,1-4H3,(H,37,40)(H,38,41). The molecule has 1 fully saturated rings. The molecule has 4 atom stereocenters. The summed E-state index contributed by atoms with van der Waals surface area (Å²) in [6.07, 6.45) is 2.26. The van der Waals surface area contributed by atoms with Gasteiger partial charge in [-0.15, -0.1) is 0 Å². The molecule has 4 N–H and O–H groups in total. The monoisotopic (exact) mass is 626 g/mol. The summed E-state index contributed by atoms with van der Waals surface area (Å²) in [5.41, 5.74) is 1.22. The van der Waals surface area contributed by atoms with Gasteiger partial charge >= 0.3 is 0 Å². The topological polar surface area (TPSA) is 122 Å². The molecule has 1 aromatic heterocycles. The van der Waals surface area contributed by atoms with E-state index in [1.54, 1.807) is 36.5 Å². The zero-order valence-electron chi connectivity index (χ0n) is 24.5. The minimum Gasteiger partial charge on any atom is -0.494 e. The molecular weight excluding hydrogens is 591 g/mol. The maximum absolute atomic E-state index is 14.2. The van der Waals surface area contributed by atoms with Crippen molar-refractivity contribution >= 4 is 46.4 Å². The molecule has 1 saturated heterocycles. The number of aliphatic hydroxyl groups is 1. The molecule has 9 nitrogen and oxygen atoms in total. The third-order valence-corrected chi connectivity index (χ3v) is 8.41. The molecule has 2 amide bonds. The third-order valence-electron chi connectivity index (χ3n) is 7.96. The first-order chi connectivity index (χ1) is 20.5. The van der Waals surface area contributed by atoms with Crippen LogP contribution in [0.15, 0.2) is 54.7 Å². The van der Waals surface area contributed by atoms with Crippen LogP contribution in [0.3, 0.4) is 0 Å². The number of carbonyl (C=O) groups is 2. The first-order valence-electron chi connectivity index (χ1n) is 14.2. The highest BCUT2D eigenvalue weighted by atomic mass is 35.5. The lowest BCUT2D eigenvalue weighted by Gasteiger charge is -2.37. The van der Waals surface area contributed by atoms with Crippen molar-refractivity contribution in [3.05, 3.63) is 76.0 Å². The van der Waals surface area contributed by atoms with Crippen LogP contribution in [-0.2, 0) is 15.0 Å². The van der Waals surface area contributed by atoms with Gasteiger partial charge in [0.1, 0.15) is 23.5 Å². The molecule has 0 radical (unpaired) electrons. The van der Waals surface area contributed by atoms with Crippen LogP contribution in [0, 0.1) is 5.41 Å². The van der Waals surface area contributed by atoms with Crippen LogP contribution in [0.1, 0.15) is 50.8 Å². The van der Waals surface area contributed by atoms with Crippen LogP contribution >= 0.6 is 23.2 Å². The molecule has 1 spiro atoms. The summed E-state index contributed by atoms with van der Waals surface area (Å²) in [7, 11) is 1.50. The van der Waals surface area contributed by atoms with Crippen LogP contribution in [0.4, 0.5) is 11.4 Å². The number of carbonyl (C=O) groups excluding carboxylic acids is 2. The Bertz CT molecular complexity index is 1530. The fourth-order valence-corrected chi connectivity index (χ4v) is 6.82. The van der Waals surface area contributed by atoms with Crippen molar-refractivity contribution in [2.75, 3.05) is 31.0 Å². The lowest BCUT2D eigenvalue weighted by atomic mass is 9.64. The predicted octanol–water partition coefficient (Wildman–Crippen LogP) is 5.55. The number of nitrogens with one attached hydrogen (secondary N) is 3. The van der Waals surface area contributed by atoms with E-state index in [9.17, 15) is 9.59 Å². The molecule has 11 heteroatoms. The number of halogens is 2. The van der Waals surface area contributed by atoms with Crippen LogP contribution in [0.2, 0.25) is 10.0 Å². The summed E-state index contributed by atoms with van der Waals surface area (Å²) in [4.78, 5) is 32.6. The molecule has 2 aliphatic heterocycles. The number of hydrogen-bond donors (Lipinski definition) is 4. The van der Waals surface area contributed by atoms with E-state index >= 15 is 0 Å². The first kappa shape index (κ1) is 31.1. The first-order valence-corrected chi connectivity index (χ1v) is 14.9. The largest absolute Gasteiger partial charge is 0.494 e. The summed E-state index contributed by atoms with van der Waals surface area (Å²) < 4.78 is 11.0. The van der Waals surface area contributed by atoms with Crippen LogP contribution in [-0.4, -0.2) is 54.3 Å². The summed E-state index contributed by atoms with van der Waals surface area (Å²) in [5.74, 6) is -0.00167. The zero-order chi connectivity index (χ0) is 30.9. The van der Waals surface area contributed by atoms with Gasteiger partial charge in [-0.2, -0.15) is 0 Å². The number of amides is 2. The summed E-state index contributed by atoms with van der Waals surface area (Å²) in [6.45, 7) is 6.40. The van der Waals surface area contributed by atoms with Crippen molar-refractivity contribution < 1.29 is 24.2 Å². The number of methoxy groups -OCH3 is 1. The fourth-order valence-electron chi connectivity index (χ4n) is 6.46. The number of aromatic nitrogens is 1. The Labute approximate surface area is 261 Å². The normalized spacial score (nSPS) is 22.8. The smallest absolute Gasteiger partial charge is 0.239 e. The Morgan fingerprint density at radius 3 is 2.63 bits per heavy atom. The molecular formula is C32H36Cl2N4O5. The van der Waals surface area contributed by atoms with Crippen LogP contribution < -0.4 is 25.4 Å². The summed E-state index contributed by atoms with van der Waals surface area (Å²) in [6, 6.07) is 13.4. The van der Waals surface area contributed by atoms with Gasteiger partial charge < -0.3 is 30.5 Å². The van der Waals surface area contributed by atoms with Gasteiger partial charge in [0.15, 0.2) is 0 Å². The number of hydrogen-bond acceptors (Lipinski definition) is 7. The average Bonchev–Trinajstić information content (AvgIpc) is 3.40. The number of benzene rings is 2. The number of nitrogens with zero attached hydrogens (tertiary/aromatic N) is 1. The molecule has 0 bridgehead atoms. The van der Waals surface area contributed by atoms with Gasteiger partial charge in [-0.05, 0) is 47.7 Å². The number of pyridine rings is 1. The van der Waals surface area contributed by atoms with Gasteiger partial charge in [0, 0.05) is 41.7 Å². The molecule has 5 rings (SSSR count). The average molecular weight is 628 g/mol. The second-order valence-corrected chi connectivity index (χ2v) is 13.1. The Morgan fingerprint density at radius 1 is 1.14 bits per heavy atom. The molecule has 0 saturated carbocycles. The number of ether oxygens (including phenoxy) is 2. The van der Waals surface area contributed by atoms with Crippen molar-refractivity contribution in [3.8, 4) is 11.5 Å². The quantitative estimate of drug-likeness (QED) is 0.246. The van der Waals surface area contributed by atoms with Gasteiger partial charge in [0.25, 0.3) is 0 Å². The van der Waals surface area contributed by atoms with E-state index < -0.39 is 17.4 Å². The third kappa shape index (κ3) is 6.17. The molecule has 228 valence electrons. The maximum atomic E-state index is 14.2. The molecule has 4 unspecified atom stereocenters. The van der Waals surface area contributed by atoms with E-state index in [2.05, 4.69) is 36.7 Å². The Morgan fingerprint density at radius 2 is 1.93 bits per heavy atom. The SMILES string of the molecule is COc1cc(OCCO)ccc1NC(=O)CC1NC(CC(C)(C)C)C2(C(=O)Nc3cc(Cl)cnc32)C1c1cccc(Cl)c1. The minimum absolute atomic E-state index is 0.0572. The summed E-state index contributed by atoms with van der Waals surface area (Å²) in [5, 5.41) is 19.7. The Kier molecular flexibility index (Phi) is 8.90. The van der Waals surface area contributed by atoms with E-state index in [0.29, 0.717) is 45.0 Å². The van der Waals surface area contributed by atoms with Crippen LogP contribution in [0.25, 0.3) is 0 Å². The fraction of sp³-hybridized carbons (Fsp3) is 0.406. The number of anilines is 2. The number of aliphatic hydroxyl groups excluding tert-OH is 1. The van der Waals surface area contributed by atoms with E-state index in [0.717, 1.165) is 5.56 Å². The van der Waals surface area contributed by atoms with E-state index in [4.69, 9.17) is 42.8 Å². The van der Waals surface area contributed by atoms with Crippen molar-refractivity contribution in [1.29, 1.82) is 0 Å². The van der Waals surface area contributed by atoms with Gasteiger partial charge in [0.05, 0.1) is 35.8 Å². The Balaban J connectivity index is 1.55. The van der Waals surface area contributed by atoms with E-state index in [1.165, 1.54) is 7.11 Å². The number of fused-ring (bicyclic) bond motifs is 2. The van der Waals surface area contributed by atoms with E-state index in [1.807, 2.05) is 18.2 Å². The van der Waals surface area contributed by atoms with Gasteiger partial charge in [-0.1, -0.05) is 56.1 Å². The minimum atomic E-state index is -1.12. The highest BCUT2D eigenvalue weighted by molar-refractivity contribution is 6.31. The number of rotatable bonds is 9. The maximum Gasteiger partial charge on any atom is 0.239 e. The lowest BCUT2D eigenvalue weighted by Crippen LogP contribution is -2.50. The molecule has 2 aliphatic rings. The van der Waals surface area contributed by atoms with E-state index in [-0.39, 0.29) is 42.9 Å². The molecule has 3 heterocycles. The van der Waals surface area contributed by atoms with Crippen molar-refractivity contribution in [3.63, 3.8) is 0 Å².